The summed E-state index contributed by atoms with van der Waals surface area (Å²) in [6.07, 6.45) is 5.21. The summed E-state index contributed by atoms with van der Waals surface area (Å²) in [7, 11) is 0. The molecule has 0 unspecified atom stereocenters. The number of rotatable bonds is 11. The Balaban J connectivity index is 2.90. The van der Waals surface area contributed by atoms with Crippen molar-refractivity contribution in [2.75, 3.05) is 18.1 Å². The number of carbonyl (C=O) groups is 1. The minimum absolute atomic E-state index is 0.111. The summed E-state index contributed by atoms with van der Waals surface area (Å²) in [5.74, 6) is 2.35. The van der Waals surface area contributed by atoms with Gasteiger partial charge in [0.15, 0.2) is 0 Å². The molecule has 0 aromatic carbocycles. The molecule has 0 amide bonds. The predicted octanol–water partition coefficient (Wildman–Crippen LogP) is 4.79. The van der Waals surface area contributed by atoms with Crippen molar-refractivity contribution in [3.05, 3.63) is 40.7 Å². The maximum Gasteiger partial charge on any atom is 0.205 e. The van der Waals surface area contributed by atoms with Crippen molar-refractivity contribution >= 4 is 35.1 Å². The summed E-state index contributed by atoms with van der Waals surface area (Å²) < 4.78 is 6.37. The van der Waals surface area contributed by atoms with Gasteiger partial charge < -0.3 is 4.74 Å². The molecule has 0 radical (unpaired) electrons. The largest absolute Gasteiger partial charge is 0.492 e. The van der Waals surface area contributed by atoms with Crippen molar-refractivity contribution in [2.45, 2.75) is 33.6 Å². The number of hydrogen-bond donors (Lipinski definition) is 0. The van der Waals surface area contributed by atoms with Gasteiger partial charge in [-0.15, -0.1) is 23.5 Å². The molecule has 0 N–H and O–H groups in total. The van der Waals surface area contributed by atoms with Crippen LogP contribution in [0.25, 0.3) is 5.76 Å². The van der Waals surface area contributed by atoms with Gasteiger partial charge in [0.2, 0.25) is 5.78 Å². The molecular formula is C17H24N2O2S2. The Kier molecular flexibility index (Phi) is 9.71. The van der Waals surface area contributed by atoms with Gasteiger partial charge in [0, 0.05) is 10.3 Å². The second-order valence-corrected chi connectivity index (χ2v) is 7.20. The number of carbonyl (C=O) groups excluding carboxylic acids is 1. The summed E-state index contributed by atoms with van der Waals surface area (Å²) in [5, 5.41) is 0. The van der Waals surface area contributed by atoms with Gasteiger partial charge in [0.1, 0.15) is 23.5 Å². The molecule has 1 heterocycles. The Morgan fingerprint density at radius 3 is 2.35 bits per heavy atom. The Morgan fingerprint density at radius 1 is 1.17 bits per heavy atom. The number of thioether (sulfide) groups is 2. The van der Waals surface area contributed by atoms with Crippen molar-refractivity contribution in [1.29, 1.82) is 0 Å². The lowest BCUT2D eigenvalue weighted by Crippen LogP contribution is -2.03. The molecule has 0 saturated carbocycles. The van der Waals surface area contributed by atoms with E-state index in [0.29, 0.717) is 23.8 Å². The first kappa shape index (κ1) is 19.8. The fraction of sp³-hybridized carbons (Fsp3) is 0.471. The lowest BCUT2D eigenvalue weighted by Gasteiger charge is -2.07. The monoisotopic (exact) mass is 352 g/mol. The maximum absolute atomic E-state index is 12.5. The van der Waals surface area contributed by atoms with E-state index < -0.39 is 0 Å². The zero-order valence-electron chi connectivity index (χ0n) is 14.0. The van der Waals surface area contributed by atoms with Crippen LogP contribution in [0.2, 0.25) is 0 Å². The number of aromatic nitrogens is 2. The Morgan fingerprint density at radius 2 is 1.78 bits per heavy atom. The van der Waals surface area contributed by atoms with Crippen LogP contribution in [0, 0.1) is 0 Å². The topological polar surface area (TPSA) is 52.1 Å². The maximum atomic E-state index is 12.5. The van der Waals surface area contributed by atoms with Gasteiger partial charge in [-0.05, 0) is 37.3 Å². The first-order chi connectivity index (χ1) is 11.1. The van der Waals surface area contributed by atoms with E-state index in [1.54, 1.807) is 35.7 Å². The first-order valence-corrected chi connectivity index (χ1v) is 9.75. The fourth-order valence-electron chi connectivity index (χ4n) is 1.60. The van der Waals surface area contributed by atoms with Crippen molar-refractivity contribution in [3.8, 4) is 0 Å². The van der Waals surface area contributed by atoms with E-state index in [9.17, 15) is 4.79 Å². The normalized spacial score (nSPS) is 10.2. The summed E-state index contributed by atoms with van der Waals surface area (Å²) in [4.78, 5) is 20.6. The van der Waals surface area contributed by atoms with Gasteiger partial charge >= 0.3 is 0 Å². The molecule has 0 saturated heterocycles. The van der Waals surface area contributed by atoms with E-state index in [4.69, 9.17) is 4.74 Å². The van der Waals surface area contributed by atoms with Crippen LogP contribution in [0.4, 0.5) is 0 Å². The third-order valence-electron chi connectivity index (χ3n) is 2.67. The average molecular weight is 353 g/mol. The summed E-state index contributed by atoms with van der Waals surface area (Å²) in [6.45, 7) is 10.5. The van der Waals surface area contributed by atoms with Gasteiger partial charge in [-0.25, -0.2) is 9.97 Å². The zero-order chi connectivity index (χ0) is 17.1. The summed E-state index contributed by atoms with van der Waals surface area (Å²) >= 11 is 3.44. The molecule has 0 fully saturated rings. The first-order valence-electron chi connectivity index (χ1n) is 7.78. The molecule has 1 rings (SSSR count). The molecule has 0 aliphatic heterocycles. The van der Waals surface area contributed by atoms with Crippen LogP contribution in [0.5, 0.6) is 0 Å². The second-order valence-electron chi connectivity index (χ2n) is 4.67. The number of nitrogens with zero attached hydrogens (tertiary/aromatic N) is 2. The minimum Gasteiger partial charge on any atom is -0.492 e. The Labute approximate surface area is 147 Å². The van der Waals surface area contributed by atoms with Crippen LogP contribution in [0.1, 0.15) is 49.8 Å². The SMILES string of the molecule is C=C(OCC)c1cc(C(=O)C=C(SCCC)SCCC)ncn1. The molecular weight excluding hydrogens is 328 g/mol. The number of ether oxygens (including phenoxy) is 1. The van der Waals surface area contributed by atoms with Gasteiger partial charge in [-0.3, -0.25) is 4.79 Å². The van der Waals surface area contributed by atoms with Crippen molar-refractivity contribution in [3.63, 3.8) is 0 Å². The van der Waals surface area contributed by atoms with Gasteiger partial charge in [-0.2, -0.15) is 0 Å². The molecule has 0 spiro atoms. The van der Waals surface area contributed by atoms with Gasteiger partial charge in [0.05, 0.1) is 6.61 Å². The third-order valence-corrected chi connectivity index (χ3v) is 5.41. The molecule has 0 aliphatic carbocycles. The summed E-state index contributed by atoms with van der Waals surface area (Å²) in [5.41, 5.74) is 0.908. The smallest absolute Gasteiger partial charge is 0.205 e. The molecule has 0 bridgehead atoms. The lowest BCUT2D eigenvalue weighted by atomic mass is 10.2. The van der Waals surface area contributed by atoms with Crippen molar-refractivity contribution < 1.29 is 9.53 Å². The quantitative estimate of drug-likeness (QED) is 0.324. The third kappa shape index (κ3) is 7.22. The molecule has 6 heteroatoms. The van der Waals surface area contributed by atoms with Crippen LogP contribution < -0.4 is 0 Å². The van der Waals surface area contributed by atoms with E-state index in [2.05, 4.69) is 30.4 Å². The molecule has 0 aliphatic rings. The Bertz CT molecular complexity index is 549. The van der Waals surface area contributed by atoms with E-state index >= 15 is 0 Å². The van der Waals surface area contributed by atoms with E-state index in [1.165, 1.54) is 6.33 Å². The van der Waals surface area contributed by atoms with Crippen molar-refractivity contribution in [2.24, 2.45) is 0 Å². The molecule has 4 nitrogen and oxygen atoms in total. The van der Waals surface area contributed by atoms with E-state index in [-0.39, 0.29) is 5.78 Å². The fourth-order valence-corrected chi connectivity index (χ4v) is 3.63. The highest BCUT2D eigenvalue weighted by molar-refractivity contribution is 8.22. The van der Waals surface area contributed by atoms with Crippen LogP contribution in [0.3, 0.4) is 0 Å². The highest BCUT2D eigenvalue weighted by Crippen LogP contribution is 2.29. The van der Waals surface area contributed by atoms with Gasteiger partial charge in [-0.1, -0.05) is 20.4 Å². The number of hydrogen-bond acceptors (Lipinski definition) is 6. The second kappa shape index (κ2) is 11.3. The summed E-state index contributed by atoms with van der Waals surface area (Å²) in [6, 6.07) is 1.63. The van der Waals surface area contributed by atoms with Crippen LogP contribution in [-0.4, -0.2) is 33.9 Å². The highest BCUT2D eigenvalue weighted by Gasteiger charge is 2.11. The van der Waals surface area contributed by atoms with E-state index in [1.807, 2.05) is 6.92 Å². The van der Waals surface area contributed by atoms with Crippen LogP contribution >= 0.6 is 23.5 Å². The molecule has 0 atom stereocenters. The van der Waals surface area contributed by atoms with Crippen LogP contribution in [0.15, 0.2) is 29.3 Å². The number of ketones is 1. The van der Waals surface area contributed by atoms with E-state index in [0.717, 1.165) is 28.6 Å². The van der Waals surface area contributed by atoms with Crippen LogP contribution in [-0.2, 0) is 4.74 Å². The molecule has 23 heavy (non-hydrogen) atoms. The minimum atomic E-state index is -0.111. The van der Waals surface area contributed by atoms with Crippen molar-refractivity contribution in [1.82, 2.24) is 9.97 Å². The molecule has 126 valence electrons. The average Bonchev–Trinajstić information content (AvgIpc) is 2.57. The zero-order valence-corrected chi connectivity index (χ0v) is 15.6. The molecule has 1 aromatic heterocycles. The standard InChI is InChI=1S/C17H24N2O2S2/c1-5-8-22-17(23-9-6-2)11-16(20)15-10-14(18-12-19-15)13(4)21-7-3/h10-12H,4-9H2,1-3H3. The Hall–Kier alpha value is -1.27. The molecule has 1 aromatic rings. The number of allylic oxidation sites excluding steroid dienone is 1. The predicted molar refractivity (Wildman–Crippen MR) is 101 cm³/mol. The highest BCUT2D eigenvalue weighted by atomic mass is 32.2. The van der Waals surface area contributed by atoms with Gasteiger partial charge in [0.25, 0.3) is 0 Å². The lowest BCUT2D eigenvalue weighted by molar-refractivity contribution is 0.104.